The summed E-state index contributed by atoms with van der Waals surface area (Å²) in [5.74, 6) is 0.774. The van der Waals surface area contributed by atoms with Crippen molar-refractivity contribution >= 4 is 31.9 Å². The summed E-state index contributed by atoms with van der Waals surface area (Å²) >= 11 is 7.21. The Morgan fingerprint density at radius 2 is 1.90 bits per heavy atom. The van der Waals surface area contributed by atoms with Crippen LogP contribution in [0, 0.1) is 0 Å². The molecule has 21 heavy (non-hydrogen) atoms. The third-order valence-electron chi connectivity index (χ3n) is 4.38. The van der Waals surface area contributed by atoms with Crippen molar-refractivity contribution in [1.29, 1.82) is 0 Å². The van der Waals surface area contributed by atoms with Gasteiger partial charge in [-0.2, -0.15) is 0 Å². The maximum atomic E-state index is 3.69. The van der Waals surface area contributed by atoms with Gasteiger partial charge in [0.05, 0.1) is 6.04 Å². The molecule has 0 bridgehead atoms. The Morgan fingerprint density at radius 1 is 1.10 bits per heavy atom. The van der Waals surface area contributed by atoms with Crippen LogP contribution in [0.2, 0.25) is 0 Å². The molecule has 1 aliphatic carbocycles. The highest BCUT2D eigenvalue weighted by molar-refractivity contribution is 9.11. The quantitative estimate of drug-likeness (QED) is 0.675. The first-order valence-corrected chi connectivity index (χ1v) is 8.99. The fraction of sp³-hybridized carbons (Fsp3) is 0.333. The summed E-state index contributed by atoms with van der Waals surface area (Å²) in [7, 11) is 2.02. The second kappa shape index (κ2) is 6.64. The van der Waals surface area contributed by atoms with Gasteiger partial charge < -0.3 is 5.32 Å². The minimum absolute atomic E-state index is 0.215. The van der Waals surface area contributed by atoms with E-state index in [1.54, 1.807) is 0 Å². The van der Waals surface area contributed by atoms with E-state index in [4.69, 9.17) is 0 Å². The smallest absolute Gasteiger partial charge is 0.0585 e. The molecular weight excluding hydrogens is 390 g/mol. The van der Waals surface area contributed by atoms with E-state index in [1.807, 2.05) is 7.05 Å². The van der Waals surface area contributed by atoms with Crippen LogP contribution in [0.5, 0.6) is 0 Å². The minimum Gasteiger partial charge on any atom is -0.309 e. The highest BCUT2D eigenvalue weighted by Crippen LogP contribution is 2.38. The largest absolute Gasteiger partial charge is 0.309 e. The number of hydrogen-bond acceptors (Lipinski definition) is 1. The predicted octanol–water partition coefficient (Wildman–Crippen LogP) is 5.79. The average molecular weight is 409 g/mol. The van der Waals surface area contributed by atoms with Crippen molar-refractivity contribution in [3.8, 4) is 0 Å². The third-order valence-corrected chi connectivity index (χ3v) is 5.56. The SMILES string of the molecule is CNC(c1cccc(C2CCC2)c1)c1ccc(Br)cc1Br. The fourth-order valence-corrected chi connectivity index (χ4v) is 4.25. The number of halogens is 2. The minimum atomic E-state index is 0.215. The van der Waals surface area contributed by atoms with Crippen molar-refractivity contribution in [3.63, 3.8) is 0 Å². The molecule has 1 unspecified atom stereocenters. The lowest BCUT2D eigenvalue weighted by Gasteiger charge is -2.27. The molecule has 0 spiro atoms. The summed E-state index contributed by atoms with van der Waals surface area (Å²) in [4.78, 5) is 0. The van der Waals surface area contributed by atoms with Gasteiger partial charge in [0.1, 0.15) is 0 Å². The van der Waals surface area contributed by atoms with E-state index in [0.29, 0.717) is 0 Å². The van der Waals surface area contributed by atoms with Crippen LogP contribution in [-0.2, 0) is 0 Å². The van der Waals surface area contributed by atoms with Crippen LogP contribution < -0.4 is 5.32 Å². The van der Waals surface area contributed by atoms with Gasteiger partial charge in [-0.15, -0.1) is 0 Å². The van der Waals surface area contributed by atoms with Gasteiger partial charge in [0.15, 0.2) is 0 Å². The number of nitrogens with one attached hydrogen (secondary N) is 1. The zero-order chi connectivity index (χ0) is 14.8. The molecule has 0 aliphatic heterocycles. The Kier molecular flexibility index (Phi) is 4.82. The molecule has 3 rings (SSSR count). The first-order valence-electron chi connectivity index (χ1n) is 7.41. The maximum absolute atomic E-state index is 3.69. The van der Waals surface area contributed by atoms with Gasteiger partial charge in [-0.3, -0.25) is 0 Å². The second-order valence-corrected chi connectivity index (χ2v) is 7.46. The number of benzene rings is 2. The van der Waals surface area contributed by atoms with Gasteiger partial charge in [-0.1, -0.05) is 68.6 Å². The summed E-state index contributed by atoms with van der Waals surface area (Å²) in [6.45, 7) is 0. The first kappa shape index (κ1) is 15.3. The van der Waals surface area contributed by atoms with Crippen LogP contribution in [0.15, 0.2) is 51.4 Å². The van der Waals surface area contributed by atoms with Gasteiger partial charge in [-0.25, -0.2) is 0 Å². The van der Waals surface area contributed by atoms with Gasteiger partial charge in [-0.05, 0) is 54.6 Å². The molecule has 1 nitrogen and oxygen atoms in total. The molecule has 0 heterocycles. The molecule has 0 aromatic heterocycles. The number of hydrogen-bond donors (Lipinski definition) is 1. The van der Waals surface area contributed by atoms with Gasteiger partial charge >= 0.3 is 0 Å². The topological polar surface area (TPSA) is 12.0 Å². The molecule has 0 saturated heterocycles. The molecule has 3 heteroatoms. The number of rotatable bonds is 4. The summed E-state index contributed by atoms with van der Waals surface area (Å²) in [6.07, 6.45) is 4.06. The molecule has 0 amide bonds. The van der Waals surface area contributed by atoms with E-state index < -0.39 is 0 Å². The summed E-state index contributed by atoms with van der Waals surface area (Å²) in [5.41, 5.74) is 4.10. The molecular formula is C18H19Br2N. The van der Waals surface area contributed by atoms with Crippen molar-refractivity contribution in [3.05, 3.63) is 68.1 Å². The van der Waals surface area contributed by atoms with E-state index >= 15 is 0 Å². The predicted molar refractivity (Wildman–Crippen MR) is 95.8 cm³/mol. The highest BCUT2D eigenvalue weighted by atomic mass is 79.9. The van der Waals surface area contributed by atoms with Crippen LogP contribution in [0.4, 0.5) is 0 Å². The molecule has 1 saturated carbocycles. The Labute approximate surface area is 143 Å². The Balaban J connectivity index is 1.95. The van der Waals surface area contributed by atoms with Crippen molar-refractivity contribution < 1.29 is 0 Å². The lowest BCUT2D eigenvalue weighted by molar-refractivity contribution is 0.419. The molecule has 2 aromatic rings. The average Bonchev–Trinajstić information content (AvgIpc) is 2.40. The standard InChI is InChI=1S/C18H19Br2N/c1-21-18(16-9-8-15(19)11-17(16)20)14-7-3-6-13(10-14)12-4-2-5-12/h3,6-12,18,21H,2,4-5H2,1H3. The Bertz CT molecular complexity index is 635. The molecule has 110 valence electrons. The lowest BCUT2D eigenvalue weighted by atomic mass is 9.79. The Morgan fingerprint density at radius 3 is 2.52 bits per heavy atom. The molecule has 1 atom stereocenters. The molecule has 1 aliphatic rings. The van der Waals surface area contributed by atoms with Crippen LogP contribution in [0.3, 0.4) is 0 Å². The first-order chi connectivity index (χ1) is 10.2. The molecule has 1 N–H and O–H groups in total. The summed E-state index contributed by atoms with van der Waals surface area (Å²) < 4.78 is 2.22. The summed E-state index contributed by atoms with van der Waals surface area (Å²) in [6, 6.07) is 15.7. The fourth-order valence-electron chi connectivity index (χ4n) is 2.97. The van der Waals surface area contributed by atoms with E-state index in [0.717, 1.165) is 14.9 Å². The van der Waals surface area contributed by atoms with Crippen molar-refractivity contribution in [2.45, 2.75) is 31.2 Å². The monoisotopic (exact) mass is 407 g/mol. The van der Waals surface area contributed by atoms with Gasteiger partial charge in [0.2, 0.25) is 0 Å². The van der Waals surface area contributed by atoms with Gasteiger partial charge in [0.25, 0.3) is 0 Å². The van der Waals surface area contributed by atoms with Gasteiger partial charge in [0, 0.05) is 8.95 Å². The lowest BCUT2D eigenvalue weighted by Crippen LogP contribution is -2.19. The van der Waals surface area contributed by atoms with Crippen LogP contribution in [-0.4, -0.2) is 7.05 Å². The van der Waals surface area contributed by atoms with E-state index in [9.17, 15) is 0 Å². The normalized spacial score (nSPS) is 16.5. The molecule has 2 aromatic carbocycles. The zero-order valence-corrected chi connectivity index (χ0v) is 15.2. The second-order valence-electron chi connectivity index (χ2n) is 5.69. The van der Waals surface area contributed by atoms with Crippen molar-refractivity contribution in [2.24, 2.45) is 0 Å². The van der Waals surface area contributed by atoms with E-state index in [2.05, 4.69) is 79.6 Å². The van der Waals surface area contributed by atoms with Crippen LogP contribution >= 0.6 is 31.9 Å². The highest BCUT2D eigenvalue weighted by Gasteiger charge is 2.21. The molecule has 0 radical (unpaired) electrons. The van der Waals surface area contributed by atoms with E-state index in [-0.39, 0.29) is 6.04 Å². The van der Waals surface area contributed by atoms with Crippen molar-refractivity contribution in [2.75, 3.05) is 7.05 Å². The molecule has 1 fully saturated rings. The van der Waals surface area contributed by atoms with Crippen molar-refractivity contribution in [1.82, 2.24) is 5.32 Å². The van der Waals surface area contributed by atoms with Crippen LogP contribution in [0.25, 0.3) is 0 Å². The maximum Gasteiger partial charge on any atom is 0.0585 e. The zero-order valence-electron chi connectivity index (χ0n) is 12.1. The van der Waals surface area contributed by atoms with E-state index in [1.165, 1.54) is 36.0 Å². The third kappa shape index (κ3) is 3.25. The van der Waals surface area contributed by atoms with Crippen LogP contribution in [0.1, 0.15) is 47.9 Å². The Hall–Kier alpha value is -0.640. The summed E-state index contributed by atoms with van der Waals surface area (Å²) in [5, 5.41) is 3.45.